The summed E-state index contributed by atoms with van der Waals surface area (Å²) < 4.78 is 17.8. The lowest BCUT2D eigenvalue weighted by atomic mass is 9.72. The molecule has 0 aromatic heterocycles. The molecule has 2 saturated heterocycles. The van der Waals surface area contributed by atoms with Gasteiger partial charge in [0.1, 0.15) is 59.7 Å². The van der Waals surface area contributed by atoms with Gasteiger partial charge in [-0.1, -0.05) is 70.2 Å². The van der Waals surface area contributed by atoms with Gasteiger partial charge in [-0.05, 0) is 75.3 Å². The van der Waals surface area contributed by atoms with Crippen LogP contribution in [0.1, 0.15) is 148 Å². The molecule has 444 valence electrons. The van der Waals surface area contributed by atoms with Crippen molar-refractivity contribution in [3.05, 3.63) is 87.5 Å². The monoisotopic (exact) mass is 1140 g/mol. The highest BCUT2D eigenvalue weighted by Gasteiger charge is 2.51. The normalized spacial score (nSPS) is 23.3. The van der Waals surface area contributed by atoms with Crippen molar-refractivity contribution in [3.63, 3.8) is 0 Å². The number of hydrogen-bond donors (Lipinski definition) is 10. The fraction of sp³-hybridized carbons (Fsp3) is 0.542. The summed E-state index contributed by atoms with van der Waals surface area (Å²) in [6.45, 7) is 8.94. The van der Waals surface area contributed by atoms with Gasteiger partial charge in [0.25, 0.3) is 0 Å². The molecule has 23 nitrogen and oxygen atoms in total. The average Bonchev–Trinajstić information content (AvgIpc) is 1.27. The van der Waals surface area contributed by atoms with E-state index in [0.29, 0.717) is 19.4 Å². The summed E-state index contributed by atoms with van der Waals surface area (Å²) in [5.74, 6) is -8.23. The number of carbonyl (C=O) groups is 9. The lowest BCUT2D eigenvalue weighted by Gasteiger charge is -2.43. The van der Waals surface area contributed by atoms with Crippen LogP contribution in [-0.2, 0) is 55.9 Å². The molecule has 2 heterocycles. The summed E-state index contributed by atoms with van der Waals surface area (Å²) in [6, 6.07) is 7.95. The van der Waals surface area contributed by atoms with Gasteiger partial charge in [-0.3, -0.25) is 43.2 Å². The minimum Gasteiger partial charge on any atom is -0.507 e. The molecule has 10 atom stereocenters. The molecular weight excluding hydrogens is 1060 g/mol. The molecule has 6 amide bonds. The number of benzene rings is 3. The number of ketones is 3. The minimum absolute atomic E-state index is 0.0170. The maximum absolute atomic E-state index is 14.4. The van der Waals surface area contributed by atoms with Crippen LogP contribution in [0.15, 0.2) is 48.5 Å². The summed E-state index contributed by atoms with van der Waals surface area (Å²) in [5, 5.41) is 70.7. The number of aromatic hydroxyl groups is 2. The van der Waals surface area contributed by atoms with Gasteiger partial charge < -0.3 is 71.2 Å². The molecule has 0 saturated carbocycles. The van der Waals surface area contributed by atoms with E-state index in [4.69, 9.17) is 14.2 Å². The molecule has 3 aromatic carbocycles. The summed E-state index contributed by atoms with van der Waals surface area (Å²) in [4.78, 5) is 125. The van der Waals surface area contributed by atoms with Crippen LogP contribution in [-0.4, -0.2) is 164 Å². The van der Waals surface area contributed by atoms with Gasteiger partial charge in [-0.2, -0.15) is 0 Å². The van der Waals surface area contributed by atoms with Crippen molar-refractivity contribution < 1.29 is 82.9 Å². The number of likely N-dealkylation sites (tertiary alicyclic amines) is 1. The van der Waals surface area contributed by atoms with E-state index in [1.54, 1.807) is 0 Å². The van der Waals surface area contributed by atoms with Gasteiger partial charge in [-0.25, -0.2) is 0 Å². The van der Waals surface area contributed by atoms with E-state index in [-0.39, 0.29) is 71.4 Å². The molecule has 0 radical (unpaired) electrons. The zero-order chi connectivity index (χ0) is 59.9. The van der Waals surface area contributed by atoms with Crippen LogP contribution in [0.2, 0.25) is 0 Å². The predicted molar refractivity (Wildman–Crippen MR) is 293 cm³/mol. The molecule has 82 heavy (non-hydrogen) atoms. The maximum Gasteiger partial charge on any atom is 0.243 e. The summed E-state index contributed by atoms with van der Waals surface area (Å²) in [5.41, 5.74) is -3.65. The Labute approximate surface area is 475 Å². The number of phenolic OH excluding ortho intramolecular Hbond substituents is 2. The third-order valence-electron chi connectivity index (χ3n) is 15.6. The maximum atomic E-state index is 14.4. The smallest absolute Gasteiger partial charge is 0.243 e. The van der Waals surface area contributed by atoms with Crippen LogP contribution < -0.4 is 31.3 Å². The number of fused-ring (bicyclic) bond motifs is 3. The molecule has 7 rings (SSSR count). The Morgan fingerprint density at radius 1 is 0.817 bits per heavy atom. The number of aryl methyl sites for hydroxylation is 1. The van der Waals surface area contributed by atoms with Gasteiger partial charge in [0.15, 0.2) is 17.9 Å². The Morgan fingerprint density at radius 2 is 1.49 bits per heavy atom. The fourth-order valence-corrected chi connectivity index (χ4v) is 11.4. The number of piperidine rings is 1. The Morgan fingerprint density at radius 3 is 2.13 bits per heavy atom. The molecule has 23 heteroatoms. The number of phenols is 2. The molecule has 0 spiro atoms. The number of aliphatic hydroxyl groups excluding tert-OH is 2. The number of ether oxygens (including phenoxy) is 3. The lowest BCUT2D eigenvalue weighted by molar-refractivity contribution is -0.249. The highest BCUT2D eigenvalue weighted by atomic mass is 16.7. The predicted octanol–water partition coefficient (Wildman–Crippen LogP) is 1.86. The number of carbonyl (C=O) groups excluding carboxylic acids is 9. The molecule has 4 aliphatic rings. The molecular formula is C59H76N6O17. The van der Waals surface area contributed by atoms with Crippen LogP contribution >= 0.6 is 0 Å². The largest absolute Gasteiger partial charge is 0.507 e. The first kappa shape index (κ1) is 62.3. The molecule has 3 aromatic rings. The second kappa shape index (κ2) is 26.7. The SMILES string of the molecule is COc1cccc2c1C(=O)c1c(O)c3c(c(O)c1C2=O)C[C@@](O)(C(=O)CO)C[C@@H]3O[C@H]1C[C@H](NC(=O)[C@H](CC(C)C)NC(=O)[C@H](CCc2ccccc2)NC(=O)CNC(=O)[C@H](CC(C)C)NC(=O)[C@@H]2CCCCN2C(C)=O)[C@H](O)[C@H](C)O1. The number of nitrogens with zero attached hydrogens (tertiary/aromatic N) is 1. The molecule has 0 unspecified atom stereocenters. The van der Waals surface area contributed by atoms with Gasteiger partial charge in [-0.15, -0.1) is 0 Å². The van der Waals surface area contributed by atoms with E-state index in [9.17, 15) is 68.7 Å². The highest BCUT2D eigenvalue weighted by molar-refractivity contribution is 6.31. The summed E-state index contributed by atoms with van der Waals surface area (Å²) in [6.07, 6.45) is -4.55. The van der Waals surface area contributed by atoms with Crippen molar-refractivity contribution in [1.29, 1.82) is 0 Å². The van der Waals surface area contributed by atoms with Crippen LogP contribution in [0.5, 0.6) is 17.2 Å². The average molecular weight is 1140 g/mol. The van der Waals surface area contributed by atoms with Crippen LogP contribution in [0.25, 0.3) is 0 Å². The van der Waals surface area contributed by atoms with Gasteiger partial charge in [0.05, 0.1) is 48.6 Å². The van der Waals surface area contributed by atoms with E-state index in [2.05, 4.69) is 26.6 Å². The zero-order valence-electron chi connectivity index (χ0n) is 47.2. The first-order valence-corrected chi connectivity index (χ1v) is 27.9. The third kappa shape index (κ3) is 13.9. The quantitative estimate of drug-likeness (QED) is 0.0502. The molecule has 2 aliphatic heterocycles. The molecule has 2 aliphatic carbocycles. The van der Waals surface area contributed by atoms with Crippen LogP contribution in [0, 0.1) is 11.8 Å². The van der Waals surface area contributed by atoms with E-state index in [1.165, 1.54) is 44.1 Å². The van der Waals surface area contributed by atoms with Gasteiger partial charge in [0.2, 0.25) is 41.2 Å². The number of nitrogens with one attached hydrogen (secondary N) is 5. The van der Waals surface area contributed by atoms with Gasteiger partial charge in [0, 0.05) is 49.4 Å². The van der Waals surface area contributed by atoms with Crippen molar-refractivity contribution >= 4 is 52.8 Å². The molecule has 10 N–H and O–H groups in total. The van der Waals surface area contributed by atoms with Crippen molar-refractivity contribution in [3.8, 4) is 17.2 Å². The van der Waals surface area contributed by atoms with Crippen molar-refractivity contribution in [1.82, 2.24) is 31.5 Å². The first-order chi connectivity index (χ1) is 38.9. The third-order valence-corrected chi connectivity index (χ3v) is 15.6. The Kier molecular flexibility index (Phi) is 20.3. The molecule has 2 fully saturated rings. The second-order valence-corrected chi connectivity index (χ2v) is 22.6. The molecule has 0 bridgehead atoms. The fourth-order valence-electron chi connectivity index (χ4n) is 11.4. The Balaban J connectivity index is 1.08. The minimum atomic E-state index is -2.44. The van der Waals surface area contributed by atoms with Crippen molar-refractivity contribution in [2.24, 2.45) is 11.8 Å². The Hall–Kier alpha value is -7.31. The van der Waals surface area contributed by atoms with E-state index in [0.717, 1.165) is 18.4 Å². The van der Waals surface area contributed by atoms with Crippen molar-refractivity contribution in [2.75, 3.05) is 26.8 Å². The zero-order valence-corrected chi connectivity index (χ0v) is 47.2. The Bertz CT molecular complexity index is 2930. The van der Waals surface area contributed by atoms with Crippen LogP contribution in [0.4, 0.5) is 0 Å². The number of amides is 6. The van der Waals surface area contributed by atoms with E-state index in [1.807, 2.05) is 58.0 Å². The summed E-state index contributed by atoms with van der Waals surface area (Å²) >= 11 is 0. The van der Waals surface area contributed by atoms with E-state index >= 15 is 0 Å². The van der Waals surface area contributed by atoms with Crippen molar-refractivity contribution in [2.45, 2.75) is 166 Å². The standard InChI is InChI=1S/C59H76N6O17/c1-29(2)22-38(64-58(78)40-17-11-12-21-65(40)32(6)67)55(75)60-27-44(69)61-36(20-19-33-14-9-8-10-15-33)56(76)63-39(23-30(3)4)57(77)62-37-24-45(81-31(5)50(37)70)82-42-26-59(79,43(68)28-66)25-35-47(42)54(74)49-48(52(35)72)51(71)34-16-13-18-41(80-7)46(34)53(49)73/h8-10,13-16,18,29-31,36-40,42,45,50,66,70,72,74,79H,11-12,17,19-28H2,1-7H3,(H,60,75)(H,61,69)(H,62,77)(H,63,76)(H,64,78)/t31-,36-,37-,38-,39-,40-,42-,45-,50+,59-/m0/s1. The van der Waals surface area contributed by atoms with Crippen LogP contribution in [0.3, 0.4) is 0 Å². The number of Topliss-reactive ketones (excluding diaryl/α,β-unsaturated/α-hetero) is 1. The number of hydrogen-bond acceptors (Lipinski definition) is 17. The number of methoxy groups -OCH3 is 1. The highest BCUT2D eigenvalue weighted by Crippen LogP contribution is 2.52. The topological polar surface area (TPSA) is 346 Å². The number of rotatable bonds is 22. The first-order valence-electron chi connectivity index (χ1n) is 27.9. The summed E-state index contributed by atoms with van der Waals surface area (Å²) in [7, 11) is 1.28. The second-order valence-electron chi connectivity index (χ2n) is 22.6. The lowest BCUT2D eigenvalue weighted by Crippen LogP contribution is -2.60. The van der Waals surface area contributed by atoms with E-state index < -0.39 is 156 Å². The van der Waals surface area contributed by atoms with Gasteiger partial charge >= 0.3 is 0 Å². The number of aliphatic hydroxyl groups is 3.